The van der Waals surface area contributed by atoms with Crippen molar-refractivity contribution >= 4 is 23.2 Å². The van der Waals surface area contributed by atoms with Gasteiger partial charge in [-0.25, -0.2) is 4.79 Å². The molecule has 2 aliphatic rings. The summed E-state index contributed by atoms with van der Waals surface area (Å²) in [4.78, 5) is 29.6. The fraction of sp³-hybridized carbons (Fsp3) is 0.455. The number of amides is 1. The summed E-state index contributed by atoms with van der Waals surface area (Å²) in [7, 11) is 0. The van der Waals surface area contributed by atoms with Gasteiger partial charge in [-0.1, -0.05) is 36.8 Å². The number of hydrogen-bond acceptors (Lipinski definition) is 4. The molecule has 5 heteroatoms. The Morgan fingerprint density at radius 3 is 2.48 bits per heavy atom. The number of aryl methyl sites for hydroxylation is 2. The maximum absolute atomic E-state index is 13.0. The van der Waals surface area contributed by atoms with Crippen molar-refractivity contribution in [1.82, 2.24) is 4.90 Å². The highest BCUT2D eigenvalue weighted by atomic mass is 32.1. The predicted molar refractivity (Wildman–Crippen MR) is 106 cm³/mol. The molecule has 142 valence electrons. The summed E-state index contributed by atoms with van der Waals surface area (Å²) < 4.78 is 5.79. The topological polar surface area (TPSA) is 46.6 Å². The van der Waals surface area contributed by atoms with Gasteiger partial charge in [-0.05, 0) is 50.2 Å². The minimum Gasteiger partial charge on any atom is -0.443 e. The van der Waals surface area contributed by atoms with Crippen molar-refractivity contribution < 1.29 is 14.3 Å². The Balaban J connectivity index is 1.55. The van der Waals surface area contributed by atoms with E-state index in [1.54, 1.807) is 0 Å². The smallest absolute Gasteiger partial charge is 0.349 e. The van der Waals surface area contributed by atoms with Crippen molar-refractivity contribution in [3.63, 3.8) is 0 Å². The van der Waals surface area contributed by atoms with E-state index in [0.717, 1.165) is 44.3 Å². The van der Waals surface area contributed by atoms with Crippen molar-refractivity contribution in [2.75, 3.05) is 13.1 Å². The summed E-state index contributed by atoms with van der Waals surface area (Å²) >= 11 is 1.54. The molecular formula is C22H25NO3S. The molecule has 2 heterocycles. The van der Waals surface area contributed by atoms with Crippen molar-refractivity contribution in [1.29, 1.82) is 0 Å². The number of carbonyl (C=O) groups excluding carboxylic acids is 2. The van der Waals surface area contributed by atoms with Gasteiger partial charge in [0, 0.05) is 23.5 Å². The average Bonchev–Trinajstić information content (AvgIpc) is 3.32. The van der Waals surface area contributed by atoms with Crippen LogP contribution < -0.4 is 0 Å². The van der Waals surface area contributed by atoms with Gasteiger partial charge in [-0.15, -0.1) is 11.3 Å². The fourth-order valence-corrected chi connectivity index (χ4v) is 5.06. The largest absolute Gasteiger partial charge is 0.443 e. The number of esters is 1. The van der Waals surface area contributed by atoms with E-state index < -0.39 is 6.10 Å². The van der Waals surface area contributed by atoms with Crippen LogP contribution in [-0.2, 0) is 22.4 Å². The van der Waals surface area contributed by atoms with Gasteiger partial charge in [0.1, 0.15) is 4.88 Å². The van der Waals surface area contributed by atoms with Gasteiger partial charge in [0.15, 0.2) is 0 Å². The standard InChI is InChI=1S/C22H25NO3S/c24-21(23-13-7-8-14-23)20(16-9-3-1-4-10-16)26-22(25)19-15-17-11-5-2-6-12-18(17)27-19/h1,3-4,9-10,15,20H,2,5-8,11-14H2/t20-/m1/s1. The van der Waals surface area contributed by atoms with Gasteiger partial charge >= 0.3 is 5.97 Å². The highest BCUT2D eigenvalue weighted by molar-refractivity contribution is 7.14. The van der Waals surface area contributed by atoms with E-state index in [1.165, 1.54) is 41.0 Å². The monoisotopic (exact) mass is 383 g/mol. The summed E-state index contributed by atoms with van der Waals surface area (Å²) in [5.74, 6) is -0.486. The predicted octanol–water partition coefficient (Wildman–Crippen LogP) is 4.54. The van der Waals surface area contributed by atoms with Crippen LogP contribution in [0.4, 0.5) is 0 Å². The summed E-state index contributed by atoms with van der Waals surface area (Å²) in [6.45, 7) is 1.49. The average molecular weight is 384 g/mol. The first-order valence-corrected chi connectivity index (χ1v) is 10.7. The normalized spacial score (nSPS) is 17.9. The first-order chi connectivity index (χ1) is 13.2. The Bertz CT molecular complexity index is 785. The lowest BCUT2D eigenvalue weighted by Crippen LogP contribution is -2.34. The van der Waals surface area contributed by atoms with Crippen LogP contribution in [-0.4, -0.2) is 29.9 Å². The summed E-state index contributed by atoms with van der Waals surface area (Å²) in [6, 6.07) is 11.3. The van der Waals surface area contributed by atoms with E-state index in [2.05, 4.69) is 0 Å². The maximum atomic E-state index is 13.0. The van der Waals surface area contributed by atoms with Gasteiger partial charge < -0.3 is 9.64 Å². The summed E-state index contributed by atoms with van der Waals surface area (Å²) in [5.41, 5.74) is 2.02. The zero-order valence-corrected chi connectivity index (χ0v) is 16.3. The van der Waals surface area contributed by atoms with Crippen molar-refractivity contribution in [2.24, 2.45) is 0 Å². The molecule has 0 bridgehead atoms. The van der Waals surface area contributed by atoms with Crippen LogP contribution in [0.2, 0.25) is 0 Å². The van der Waals surface area contributed by atoms with Gasteiger partial charge in [0.2, 0.25) is 6.10 Å². The molecule has 0 unspecified atom stereocenters. The SMILES string of the molecule is O=C(O[C@@H](C(=O)N1CCCC1)c1ccccc1)c1cc2c(s1)CCCCC2. The Kier molecular flexibility index (Phi) is 5.58. The third kappa shape index (κ3) is 4.08. The van der Waals surface area contributed by atoms with Gasteiger partial charge in [-0.3, -0.25) is 4.79 Å². The molecule has 4 rings (SSSR count). The zero-order valence-electron chi connectivity index (χ0n) is 15.5. The maximum Gasteiger partial charge on any atom is 0.349 e. The number of carbonyl (C=O) groups is 2. The molecule has 0 N–H and O–H groups in total. The quantitative estimate of drug-likeness (QED) is 0.575. The molecule has 1 atom stereocenters. The van der Waals surface area contributed by atoms with E-state index in [-0.39, 0.29) is 11.9 Å². The molecular weight excluding hydrogens is 358 g/mol. The number of fused-ring (bicyclic) bond motifs is 1. The van der Waals surface area contributed by atoms with Crippen LogP contribution in [0.3, 0.4) is 0 Å². The Morgan fingerprint density at radius 2 is 1.70 bits per heavy atom. The van der Waals surface area contributed by atoms with Crippen LogP contribution in [0.1, 0.15) is 63.9 Å². The lowest BCUT2D eigenvalue weighted by Gasteiger charge is -2.23. The second-order valence-electron chi connectivity index (χ2n) is 7.35. The number of rotatable bonds is 4. The van der Waals surface area contributed by atoms with E-state index in [9.17, 15) is 9.59 Å². The third-order valence-electron chi connectivity index (χ3n) is 5.42. The molecule has 2 aromatic rings. The van der Waals surface area contributed by atoms with Gasteiger partial charge in [-0.2, -0.15) is 0 Å². The Hall–Kier alpha value is -2.14. The molecule has 1 amide bonds. The minimum absolute atomic E-state index is 0.106. The Morgan fingerprint density at radius 1 is 0.963 bits per heavy atom. The molecule has 1 aliphatic heterocycles. The number of hydrogen-bond donors (Lipinski definition) is 0. The zero-order chi connectivity index (χ0) is 18.6. The number of ether oxygens (including phenoxy) is 1. The molecule has 4 nitrogen and oxygen atoms in total. The van der Waals surface area contributed by atoms with Crippen molar-refractivity contribution in [2.45, 2.75) is 51.0 Å². The fourth-order valence-electron chi connectivity index (χ4n) is 3.93. The van der Waals surface area contributed by atoms with Crippen LogP contribution in [0.15, 0.2) is 36.4 Å². The lowest BCUT2D eigenvalue weighted by molar-refractivity contribution is -0.140. The van der Waals surface area contributed by atoms with E-state index in [0.29, 0.717) is 4.88 Å². The van der Waals surface area contributed by atoms with Crippen molar-refractivity contribution in [3.8, 4) is 0 Å². The second kappa shape index (κ2) is 8.26. The first-order valence-electron chi connectivity index (χ1n) is 9.88. The molecule has 1 aromatic carbocycles. The van der Waals surface area contributed by atoms with Gasteiger partial charge in [0.25, 0.3) is 5.91 Å². The number of likely N-dealkylation sites (tertiary alicyclic amines) is 1. The van der Waals surface area contributed by atoms with Crippen LogP contribution >= 0.6 is 11.3 Å². The molecule has 0 spiro atoms. The molecule has 1 aromatic heterocycles. The Labute approximate surface area is 164 Å². The summed E-state index contributed by atoms with van der Waals surface area (Å²) in [6.07, 6.45) is 6.86. The molecule has 1 aliphatic carbocycles. The van der Waals surface area contributed by atoms with Crippen LogP contribution in [0, 0.1) is 0 Å². The van der Waals surface area contributed by atoms with E-state index in [1.807, 2.05) is 41.3 Å². The van der Waals surface area contributed by atoms with Crippen LogP contribution in [0.25, 0.3) is 0 Å². The number of nitrogens with zero attached hydrogens (tertiary/aromatic N) is 1. The van der Waals surface area contributed by atoms with E-state index >= 15 is 0 Å². The highest BCUT2D eigenvalue weighted by Gasteiger charge is 2.32. The number of benzene rings is 1. The molecule has 1 fully saturated rings. The van der Waals surface area contributed by atoms with Crippen molar-refractivity contribution in [3.05, 3.63) is 57.3 Å². The summed E-state index contributed by atoms with van der Waals surface area (Å²) in [5, 5.41) is 0. The molecule has 0 saturated carbocycles. The molecule has 1 saturated heterocycles. The lowest BCUT2D eigenvalue weighted by atomic mass is 10.1. The first kappa shape index (κ1) is 18.2. The molecule has 27 heavy (non-hydrogen) atoms. The van der Waals surface area contributed by atoms with Crippen LogP contribution in [0.5, 0.6) is 0 Å². The minimum atomic E-state index is -0.862. The van der Waals surface area contributed by atoms with E-state index in [4.69, 9.17) is 4.74 Å². The number of thiophene rings is 1. The molecule has 0 radical (unpaired) electrons. The second-order valence-corrected chi connectivity index (χ2v) is 8.48. The third-order valence-corrected chi connectivity index (χ3v) is 6.63. The highest BCUT2D eigenvalue weighted by Crippen LogP contribution is 2.31. The van der Waals surface area contributed by atoms with Gasteiger partial charge in [0.05, 0.1) is 0 Å².